The fraction of sp³-hybridized carbons (Fsp3) is 0.480. The Morgan fingerprint density at radius 3 is 2.23 bits per heavy atom. The van der Waals surface area contributed by atoms with Crippen LogP contribution in [0, 0.1) is 14.8 Å². The fourth-order valence-electron chi connectivity index (χ4n) is 5.10. The number of piperidine rings is 2. The summed E-state index contributed by atoms with van der Waals surface area (Å²) < 4.78 is 48.8. The summed E-state index contributed by atoms with van der Waals surface area (Å²) in [5.74, 6) is -2.69. The van der Waals surface area contributed by atoms with E-state index in [0.29, 0.717) is 17.0 Å². The molecule has 0 N–H and O–H groups in total. The SMILES string of the molecule is Fc1ccc(-c2nnc(-c3ccc(I)cc3N3CCC4(CC3)CC4)o2)nc1N1CCC(F)(F)CC1. The zero-order chi connectivity index (χ0) is 24.2. The first kappa shape index (κ1) is 23.1. The van der Waals surface area contributed by atoms with Crippen molar-refractivity contribution >= 4 is 34.1 Å². The van der Waals surface area contributed by atoms with Crippen molar-refractivity contribution in [3.05, 3.63) is 39.7 Å². The van der Waals surface area contributed by atoms with Crippen molar-refractivity contribution in [2.24, 2.45) is 5.41 Å². The molecule has 10 heteroatoms. The van der Waals surface area contributed by atoms with E-state index in [1.165, 1.54) is 37.8 Å². The number of anilines is 2. The van der Waals surface area contributed by atoms with E-state index in [0.717, 1.165) is 27.9 Å². The third kappa shape index (κ3) is 4.61. The molecule has 1 saturated carbocycles. The van der Waals surface area contributed by atoms with Gasteiger partial charge in [-0.1, -0.05) is 0 Å². The Bertz CT molecular complexity index is 1240. The van der Waals surface area contributed by atoms with Crippen LogP contribution in [0.4, 0.5) is 24.7 Å². The molecule has 0 unspecified atom stereocenters. The predicted octanol–water partition coefficient (Wildman–Crippen LogP) is 6.16. The Morgan fingerprint density at radius 2 is 1.51 bits per heavy atom. The summed E-state index contributed by atoms with van der Waals surface area (Å²) in [5.41, 5.74) is 2.83. The molecular formula is C25H25F3IN5O. The maximum absolute atomic E-state index is 14.5. The highest BCUT2D eigenvalue weighted by Crippen LogP contribution is 2.54. The minimum atomic E-state index is -2.72. The van der Waals surface area contributed by atoms with Crippen molar-refractivity contribution in [1.29, 1.82) is 0 Å². The molecule has 2 aliphatic heterocycles. The van der Waals surface area contributed by atoms with Crippen molar-refractivity contribution in [2.45, 2.75) is 44.4 Å². The zero-order valence-electron chi connectivity index (χ0n) is 19.1. The molecule has 2 saturated heterocycles. The number of hydrogen-bond acceptors (Lipinski definition) is 6. The van der Waals surface area contributed by atoms with Gasteiger partial charge in [0.25, 0.3) is 11.8 Å². The molecule has 3 aromatic rings. The Labute approximate surface area is 215 Å². The van der Waals surface area contributed by atoms with Crippen LogP contribution in [0.15, 0.2) is 34.7 Å². The first-order chi connectivity index (χ1) is 16.8. The average molecular weight is 595 g/mol. The second-order valence-electron chi connectivity index (χ2n) is 9.91. The molecule has 35 heavy (non-hydrogen) atoms. The van der Waals surface area contributed by atoms with Gasteiger partial charge in [0.2, 0.25) is 5.89 Å². The van der Waals surface area contributed by atoms with E-state index in [1.807, 2.05) is 12.1 Å². The van der Waals surface area contributed by atoms with Crippen molar-refractivity contribution in [3.8, 4) is 23.0 Å². The predicted molar refractivity (Wildman–Crippen MR) is 135 cm³/mol. The monoisotopic (exact) mass is 595 g/mol. The summed E-state index contributed by atoms with van der Waals surface area (Å²) in [4.78, 5) is 8.31. The van der Waals surface area contributed by atoms with Crippen molar-refractivity contribution in [2.75, 3.05) is 36.0 Å². The first-order valence-electron chi connectivity index (χ1n) is 12.0. The van der Waals surface area contributed by atoms with Crippen LogP contribution < -0.4 is 9.80 Å². The summed E-state index contributed by atoms with van der Waals surface area (Å²) in [7, 11) is 0. The van der Waals surface area contributed by atoms with Gasteiger partial charge in [-0.15, -0.1) is 10.2 Å². The van der Waals surface area contributed by atoms with Crippen LogP contribution in [0.25, 0.3) is 23.0 Å². The maximum atomic E-state index is 14.5. The zero-order valence-corrected chi connectivity index (χ0v) is 21.3. The second kappa shape index (κ2) is 8.63. The molecule has 2 aromatic heterocycles. The van der Waals surface area contributed by atoms with Crippen LogP contribution >= 0.6 is 22.6 Å². The van der Waals surface area contributed by atoms with Crippen LogP contribution in [0.3, 0.4) is 0 Å². The topological polar surface area (TPSA) is 58.3 Å². The van der Waals surface area contributed by atoms with Crippen LogP contribution in [-0.4, -0.2) is 47.3 Å². The van der Waals surface area contributed by atoms with Gasteiger partial charge in [0, 0.05) is 42.6 Å². The van der Waals surface area contributed by atoms with Crippen molar-refractivity contribution < 1.29 is 17.6 Å². The minimum Gasteiger partial charge on any atom is -0.415 e. The number of nitrogens with zero attached hydrogens (tertiary/aromatic N) is 5. The number of alkyl halides is 2. The van der Waals surface area contributed by atoms with Gasteiger partial charge in [0.05, 0.1) is 11.3 Å². The lowest BCUT2D eigenvalue weighted by Gasteiger charge is -2.34. The van der Waals surface area contributed by atoms with E-state index in [4.69, 9.17) is 4.42 Å². The Hall–Kier alpha value is -2.37. The molecule has 6 rings (SSSR count). The molecular weight excluding hydrogens is 570 g/mol. The van der Waals surface area contributed by atoms with Crippen LogP contribution in [-0.2, 0) is 0 Å². The summed E-state index contributed by atoms with van der Waals surface area (Å²) in [6, 6.07) is 8.89. The molecule has 184 valence electrons. The largest absolute Gasteiger partial charge is 0.415 e. The molecule has 0 bridgehead atoms. The Balaban J connectivity index is 1.27. The van der Waals surface area contributed by atoms with Gasteiger partial charge in [-0.2, -0.15) is 0 Å². The Kier molecular flexibility index (Phi) is 5.69. The summed E-state index contributed by atoms with van der Waals surface area (Å²) >= 11 is 2.31. The van der Waals surface area contributed by atoms with Gasteiger partial charge in [-0.05, 0) is 84.0 Å². The molecule has 1 spiro atoms. The number of aromatic nitrogens is 3. The van der Waals surface area contributed by atoms with Gasteiger partial charge in [-0.3, -0.25) is 0 Å². The number of pyridine rings is 1. The standard InChI is InChI=1S/C25H25F3IN5O/c26-18-3-4-19(30-21(18)34-13-9-25(27,28)10-14-34)23-32-31-22(35-23)17-2-1-16(29)15-20(17)33-11-7-24(5-6-24)8-12-33/h1-4,15H,5-14H2. The highest BCUT2D eigenvalue weighted by atomic mass is 127. The maximum Gasteiger partial charge on any atom is 0.266 e. The lowest BCUT2D eigenvalue weighted by atomic mass is 9.93. The van der Waals surface area contributed by atoms with Gasteiger partial charge < -0.3 is 14.2 Å². The lowest BCUT2D eigenvalue weighted by molar-refractivity contribution is -0.0222. The van der Waals surface area contributed by atoms with Crippen LogP contribution in [0.5, 0.6) is 0 Å². The molecule has 0 amide bonds. The highest BCUT2D eigenvalue weighted by molar-refractivity contribution is 14.1. The van der Waals surface area contributed by atoms with Crippen molar-refractivity contribution in [1.82, 2.24) is 15.2 Å². The van der Waals surface area contributed by atoms with E-state index in [-0.39, 0.29) is 37.6 Å². The lowest BCUT2D eigenvalue weighted by Crippen LogP contribution is -2.40. The van der Waals surface area contributed by atoms with E-state index in [2.05, 4.69) is 48.7 Å². The number of halogens is 4. The highest BCUT2D eigenvalue weighted by Gasteiger charge is 2.44. The number of benzene rings is 1. The Morgan fingerprint density at radius 1 is 0.829 bits per heavy atom. The molecule has 3 fully saturated rings. The molecule has 6 nitrogen and oxygen atoms in total. The summed E-state index contributed by atoms with van der Waals surface area (Å²) in [6.45, 7) is 2.09. The minimum absolute atomic E-state index is 0.0371. The van der Waals surface area contributed by atoms with E-state index < -0.39 is 11.7 Å². The molecule has 1 aromatic carbocycles. The molecule has 1 aliphatic carbocycles. The van der Waals surface area contributed by atoms with E-state index in [1.54, 1.807) is 4.90 Å². The van der Waals surface area contributed by atoms with Crippen molar-refractivity contribution in [3.63, 3.8) is 0 Å². The van der Waals surface area contributed by atoms with Gasteiger partial charge in [-0.25, -0.2) is 18.2 Å². The summed E-state index contributed by atoms with van der Waals surface area (Å²) in [5, 5.41) is 8.46. The third-order valence-corrected chi connectivity index (χ3v) is 8.25. The van der Waals surface area contributed by atoms with Gasteiger partial charge in [0.15, 0.2) is 11.6 Å². The number of rotatable bonds is 4. The first-order valence-corrected chi connectivity index (χ1v) is 13.1. The fourth-order valence-corrected chi connectivity index (χ4v) is 5.57. The molecule has 0 atom stereocenters. The normalized spacial score (nSPS) is 20.9. The average Bonchev–Trinajstić information content (AvgIpc) is 3.41. The second-order valence-corrected chi connectivity index (χ2v) is 11.2. The van der Waals surface area contributed by atoms with E-state index >= 15 is 0 Å². The smallest absolute Gasteiger partial charge is 0.266 e. The molecule has 3 aliphatic rings. The van der Waals surface area contributed by atoms with Crippen LogP contribution in [0.2, 0.25) is 0 Å². The van der Waals surface area contributed by atoms with Gasteiger partial charge in [0.1, 0.15) is 5.69 Å². The van der Waals surface area contributed by atoms with Gasteiger partial charge >= 0.3 is 0 Å². The number of hydrogen-bond donors (Lipinski definition) is 0. The van der Waals surface area contributed by atoms with E-state index in [9.17, 15) is 13.2 Å². The third-order valence-electron chi connectivity index (χ3n) is 7.58. The summed E-state index contributed by atoms with van der Waals surface area (Å²) in [6.07, 6.45) is 4.46. The molecule has 4 heterocycles. The van der Waals surface area contributed by atoms with Crippen LogP contribution in [0.1, 0.15) is 38.5 Å². The molecule has 0 radical (unpaired) electrons. The quantitative estimate of drug-likeness (QED) is 0.337.